The van der Waals surface area contributed by atoms with Crippen LogP contribution in [0.25, 0.3) is 0 Å². The van der Waals surface area contributed by atoms with Gasteiger partial charge in [-0.25, -0.2) is 0 Å². The second kappa shape index (κ2) is 15.7. The van der Waals surface area contributed by atoms with Crippen LogP contribution >= 0.6 is 0 Å². The first-order valence-corrected chi connectivity index (χ1v) is 9.45. The van der Waals surface area contributed by atoms with E-state index in [0.717, 1.165) is 12.8 Å². The van der Waals surface area contributed by atoms with E-state index >= 15 is 0 Å². The van der Waals surface area contributed by atoms with Gasteiger partial charge in [0.05, 0.1) is 12.2 Å². The average molecular weight is 317 g/mol. The third-order valence-electron chi connectivity index (χ3n) is 4.46. The molecule has 4 heteroatoms. The van der Waals surface area contributed by atoms with Crippen LogP contribution in [0.1, 0.15) is 90.4 Å². The smallest absolute Gasteiger partial charge is 0.0961 e. The molecule has 0 amide bonds. The molecule has 0 aliphatic heterocycles. The van der Waals surface area contributed by atoms with Crippen LogP contribution in [0.3, 0.4) is 0 Å². The van der Waals surface area contributed by atoms with Gasteiger partial charge in [-0.15, -0.1) is 0 Å². The van der Waals surface area contributed by atoms with Crippen molar-refractivity contribution >= 4 is 0 Å². The molecule has 0 bridgehead atoms. The van der Waals surface area contributed by atoms with E-state index in [1.54, 1.807) is 0 Å². The number of rotatable bonds is 16. The molecular weight excluding hydrogens is 276 g/mol. The normalized spacial score (nSPS) is 15.7. The van der Waals surface area contributed by atoms with Gasteiger partial charge in [0.15, 0.2) is 0 Å². The fourth-order valence-electron chi connectivity index (χ4n) is 2.79. The maximum Gasteiger partial charge on any atom is 0.0961 e. The standard InChI is InChI=1S/C18H40N2O2/c1-2-3-4-5-6-7-8-9-10-11-12-13-14-17(21)18(22)16(20)15-19/h16-18,21-22H,2-15,19-20H2,1H3/t16-,17-,18+/m0/s1. The van der Waals surface area contributed by atoms with Crippen LogP contribution in [0.2, 0.25) is 0 Å². The molecule has 0 aromatic rings. The van der Waals surface area contributed by atoms with Gasteiger partial charge < -0.3 is 21.7 Å². The predicted octanol–water partition coefficient (Wildman–Crippen LogP) is 3.09. The summed E-state index contributed by atoms with van der Waals surface area (Å²) in [4.78, 5) is 0. The van der Waals surface area contributed by atoms with Crippen molar-refractivity contribution in [3.63, 3.8) is 0 Å². The Labute approximate surface area is 137 Å². The molecule has 4 nitrogen and oxygen atoms in total. The van der Waals surface area contributed by atoms with Gasteiger partial charge in [0.25, 0.3) is 0 Å². The molecule has 0 saturated heterocycles. The molecule has 0 heterocycles. The van der Waals surface area contributed by atoms with Gasteiger partial charge in [-0.1, -0.05) is 84.0 Å². The topological polar surface area (TPSA) is 92.5 Å². The van der Waals surface area contributed by atoms with E-state index in [9.17, 15) is 10.2 Å². The monoisotopic (exact) mass is 316 g/mol. The van der Waals surface area contributed by atoms with Crippen LogP contribution < -0.4 is 11.5 Å². The molecule has 0 aliphatic carbocycles. The minimum Gasteiger partial charge on any atom is -0.390 e. The second-order valence-electron chi connectivity index (χ2n) is 6.64. The zero-order valence-electron chi connectivity index (χ0n) is 14.7. The highest BCUT2D eigenvalue weighted by Crippen LogP contribution is 2.14. The molecule has 0 spiro atoms. The highest BCUT2D eigenvalue weighted by atomic mass is 16.3. The van der Waals surface area contributed by atoms with E-state index in [4.69, 9.17) is 11.5 Å². The second-order valence-corrected chi connectivity index (χ2v) is 6.64. The maximum atomic E-state index is 9.80. The lowest BCUT2D eigenvalue weighted by atomic mass is 9.99. The van der Waals surface area contributed by atoms with Gasteiger partial charge in [-0.3, -0.25) is 0 Å². The van der Waals surface area contributed by atoms with Gasteiger partial charge in [0, 0.05) is 12.6 Å². The summed E-state index contributed by atoms with van der Waals surface area (Å²) in [6, 6.07) is -0.521. The SMILES string of the molecule is CCCCCCCCCCCCCC[C@H](O)[C@H](O)[C@@H](N)CN. The first-order valence-electron chi connectivity index (χ1n) is 9.45. The van der Waals surface area contributed by atoms with Crippen molar-refractivity contribution in [1.82, 2.24) is 0 Å². The van der Waals surface area contributed by atoms with E-state index in [-0.39, 0.29) is 6.54 Å². The largest absolute Gasteiger partial charge is 0.390 e. The van der Waals surface area contributed by atoms with E-state index in [1.165, 1.54) is 64.2 Å². The van der Waals surface area contributed by atoms with Crippen molar-refractivity contribution < 1.29 is 10.2 Å². The molecule has 0 aliphatic rings. The number of hydrogen-bond donors (Lipinski definition) is 4. The summed E-state index contributed by atoms with van der Waals surface area (Å²) in [5, 5.41) is 19.5. The van der Waals surface area contributed by atoms with Crippen molar-refractivity contribution in [2.75, 3.05) is 6.54 Å². The van der Waals surface area contributed by atoms with Crippen molar-refractivity contribution in [3.8, 4) is 0 Å². The molecule has 6 N–H and O–H groups in total. The molecule has 0 aromatic carbocycles. The fraction of sp³-hybridized carbons (Fsp3) is 1.00. The predicted molar refractivity (Wildman–Crippen MR) is 94.7 cm³/mol. The molecule has 0 fully saturated rings. The number of nitrogens with two attached hydrogens (primary N) is 2. The average Bonchev–Trinajstić information content (AvgIpc) is 2.54. The number of aliphatic hydroxyl groups is 2. The summed E-state index contributed by atoms with van der Waals surface area (Å²) in [5.41, 5.74) is 11.0. The highest BCUT2D eigenvalue weighted by molar-refractivity contribution is 4.79. The van der Waals surface area contributed by atoms with E-state index in [1.807, 2.05) is 0 Å². The van der Waals surface area contributed by atoms with Gasteiger partial charge in [0.2, 0.25) is 0 Å². The highest BCUT2D eigenvalue weighted by Gasteiger charge is 2.21. The molecule has 0 unspecified atom stereocenters. The number of aliphatic hydroxyl groups excluding tert-OH is 2. The van der Waals surface area contributed by atoms with Crippen LogP contribution in [0.4, 0.5) is 0 Å². The Hall–Kier alpha value is -0.160. The Morgan fingerprint density at radius 2 is 1.14 bits per heavy atom. The zero-order valence-corrected chi connectivity index (χ0v) is 14.7. The maximum absolute atomic E-state index is 9.80. The van der Waals surface area contributed by atoms with E-state index < -0.39 is 18.2 Å². The lowest BCUT2D eigenvalue weighted by molar-refractivity contribution is 0.0000425. The zero-order chi connectivity index (χ0) is 16.6. The van der Waals surface area contributed by atoms with Crippen molar-refractivity contribution in [2.24, 2.45) is 11.5 Å². The molecule has 0 aromatic heterocycles. The lowest BCUT2D eigenvalue weighted by Crippen LogP contribution is -2.47. The summed E-state index contributed by atoms with van der Waals surface area (Å²) in [5.74, 6) is 0. The molecular formula is C18H40N2O2. The Morgan fingerprint density at radius 3 is 1.55 bits per heavy atom. The third kappa shape index (κ3) is 12.4. The molecule has 22 heavy (non-hydrogen) atoms. The Bertz CT molecular complexity index is 227. The van der Waals surface area contributed by atoms with Crippen molar-refractivity contribution in [3.05, 3.63) is 0 Å². The van der Waals surface area contributed by atoms with Crippen molar-refractivity contribution in [1.29, 1.82) is 0 Å². The van der Waals surface area contributed by atoms with Crippen molar-refractivity contribution in [2.45, 2.75) is 109 Å². The third-order valence-corrected chi connectivity index (χ3v) is 4.46. The molecule has 0 rings (SSSR count). The Balaban J connectivity index is 3.26. The van der Waals surface area contributed by atoms with Crippen LogP contribution in [-0.2, 0) is 0 Å². The van der Waals surface area contributed by atoms with Crippen LogP contribution in [0.5, 0.6) is 0 Å². The lowest BCUT2D eigenvalue weighted by Gasteiger charge is -2.22. The summed E-state index contributed by atoms with van der Waals surface area (Å²) in [6.45, 7) is 2.46. The Morgan fingerprint density at radius 1 is 0.727 bits per heavy atom. The quantitative estimate of drug-likeness (QED) is 0.329. The van der Waals surface area contributed by atoms with Crippen LogP contribution in [-0.4, -0.2) is 35.0 Å². The Kier molecular flexibility index (Phi) is 15.6. The van der Waals surface area contributed by atoms with E-state index in [0.29, 0.717) is 6.42 Å². The molecule has 0 saturated carbocycles. The van der Waals surface area contributed by atoms with Gasteiger partial charge in [0.1, 0.15) is 0 Å². The molecule has 134 valence electrons. The minimum atomic E-state index is -0.891. The number of hydrogen-bond acceptors (Lipinski definition) is 4. The molecule has 3 atom stereocenters. The fourth-order valence-corrected chi connectivity index (χ4v) is 2.79. The summed E-state index contributed by atoms with van der Waals surface area (Å²) < 4.78 is 0. The van der Waals surface area contributed by atoms with Crippen LogP contribution in [0, 0.1) is 0 Å². The van der Waals surface area contributed by atoms with Crippen LogP contribution in [0.15, 0.2) is 0 Å². The van der Waals surface area contributed by atoms with Gasteiger partial charge >= 0.3 is 0 Å². The first kappa shape index (κ1) is 21.8. The summed E-state index contributed by atoms with van der Waals surface area (Å²) in [7, 11) is 0. The summed E-state index contributed by atoms with van der Waals surface area (Å²) >= 11 is 0. The molecule has 0 radical (unpaired) electrons. The van der Waals surface area contributed by atoms with Gasteiger partial charge in [-0.05, 0) is 6.42 Å². The summed E-state index contributed by atoms with van der Waals surface area (Å²) in [6.07, 6.45) is 14.6. The number of unbranched alkanes of at least 4 members (excludes halogenated alkanes) is 11. The van der Waals surface area contributed by atoms with E-state index in [2.05, 4.69) is 6.92 Å². The minimum absolute atomic E-state index is 0.205. The first-order chi connectivity index (χ1) is 10.6. The van der Waals surface area contributed by atoms with Gasteiger partial charge in [-0.2, -0.15) is 0 Å².